The SMILES string of the molecule is C=C/C=C\C=C(/C=C)CCC(=O)NCC(C)(C)CC(/C=C\C)=C/C=C\C. The lowest BCUT2D eigenvalue weighted by molar-refractivity contribution is -0.121. The highest BCUT2D eigenvalue weighted by Crippen LogP contribution is 2.25. The molecule has 0 aromatic carbocycles. The van der Waals surface area contributed by atoms with Crippen molar-refractivity contribution in [3.05, 3.63) is 85.1 Å². The van der Waals surface area contributed by atoms with Crippen LogP contribution in [0.5, 0.6) is 0 Å². The lowest BCUT2D eigenvalue weighted by atomic mass is 9.85. The maximum atomic E-state index is 12.2. The predicted molar refractivity (Wildman–Crippen MR) is 116 cm³/mol. The summed E-state index contributed by atoms with van der Waals surface area (Å²) in [7, 11) is 0. The third-order valence-electron chi connectivity index (χ3n) is 3.79. The highest BCUT2D eigenvalue weighted by Gasteiger charge is 2.19. The number of carbonyl (C=O) groups is 1. The van der Waals surface area contributed by atoms with Gasteiger partial charge in [-0.05, 0) is 43.3 Å². The van der Waals surface area contributed by atoms with Crippen molar-refractivity contribution in [1.29, 1.82) is 0 Å². The number of carbonyl (C=O) groups excluding carboxylic acids is 1. The maximum Gasteiger partial charge on any atom is 0.220 e. The molecule has 0 rings (SSSR count). The first-order valence-electron chi connectivity index (χ1n) is 9.20. The van der Waals surface area contributed by atoms with Crippen LogP contribution < -0.4 is 5.32 Å². The Labute approximate surface area is 160 Å². The molecule has 0 unspecified atom stereocenters. The molecular formula is C24H35NO. The molecule has 1 N–H and O–H groups in total. The average Bonchev–Trinajstić information content (AvgIpc) is 2.61. The second-order valence-electron chi connectivity index (χ2n) is 6.95. The van der Waals surface area contributed by atoms with Crippen LogP contribution in [0.4, 0.5) is 0 Å². The molecule has 0 aromatic rings. The number of amides is 1. The summed E-state index contributed by atoms with van der Waals surface area (Å²) in [4.78, 5) is 12.2. The molecule has 26 heavy (non-hydrogen) atoms. The van der Waals surface area contributed by atoms with Crippen LogP contribution in [0, 0.1) is 5.41 Å². The zero-order valence-electron chi connectivity index (χ0n) is 16.9. The monoisotopic (exact) mass is 353 g/mol. The number of hydrogen-bond donors (Lipinski definition) is 1. The summed E-state index contributed by atoms with van der Waals surface area (Å²) in [5, 5.41) is 3.07. The number of rotatable bonds is 12. The van der Waals surface area contributed by atoms with Gasteiger partial charge >= 0.3 is 0 Å². The second kappa shape index (κ2) is 13.9. The highest BCUT2D eigenvalue weighted by molar-refractivity contribution is 5.76. The van der Waals surface area contributed by atoms with E-state index in [4.69, 9.17) is 0 Å². The topological polar surface area (TPSA) is 29.1 Å². The quantitative estimate of drug-likeness (QED) is 0.414. The van der Waals surface area contributed by atoms with Crippen LogP contribution in [0.1, 0.15) is 47.0 Å². The van der Waals surface area contributed by atoms with Crippen LogP contribution in [0.15, 0.2) is 85.1 Å². The Kier molecular flexibility index (Phi) is 12.6. The maximum absolute atomic E-state index is 12.2. The molecule has 0 fully saturated rings. The van der Waals surface area contributed by atoms with Gasteiger partial charge in [-0.2, -0.15) is 0 Å². The molecule has 2 heteroatoms. The highest BCUT2D eigenvalue weighted by atomic mass is 16.1. The Balaban J connectivity index is 4.58. The molecule has 0 bridgehead atoms. The van der Waals surface area contributed by atoms with Gasteiger partial charge in [0.25, 0.3) is 0 Å². The van der Waals surface area contributed by atoms with Crippen molar-refractivity contribution in [2.75, 3.05) is 6.54 Å². The van der Waals surface area contributed by atoms with Crippen LogP contribution in [0.2, 0.25) is 0 Å². The number of hydrogen-bond acceptors (Lipinski definition) is 1. The van der Waals surface area contributed by atoms with E-state index in [1.54, 1.807) is 12.2 Å². The third-order valence-corrected chi connectivity index (χ3v) is 3.79. The lowest BCUT2D eigenvalue weighted by Gasteiger charge is -2.25. The Hall–Kier alpha value is -2.35. The van der Waals surface area contributed by atoms with Crippen molar-refractivity contribution in [3.63, 3.8) is 0 Å². The van der Waals surface area contributed by atoms with E-state index in [0.717, 1.165) is 12.0 Å². The van der Waals surface area contributed by atoms with Crippen molar-refractivity contribution in [2.24, 2.45) is 5.41 Å². The Morgan fingerprint density at radius 1 is 0.962 bits per heavy atom. The van der Waals surface area contributed by atoms with Crippen LogP contribution >= 0.6 is 0 Å². The van der Waals surface area contributed by atoms with Gasteiger partial charge in [0.05, 0.1) is 0 Å². The summed E-state index contributed by atoms with van der Waals surface area (Å²) >= 11 is 0. The van der Waals surface area contributed by atoms with Crippen molar-refractivity contribution < 1.29 is 4.79 Å². The molecule has 0 saturated heterocycles. The zero-order valence-corrected chi connectivity index (χ0v) is 16.9. The van der Waals surface area contributed by atoms with E-state index in [0.29, 0.717) is 19.4 Å². The van der Waals surface area contributed by atoms with Gasteiger partial charge in [0.2, 0.25) is 5.91 Å². The van der Waals surface area contributed by atoms with Gasteiger partial charge < -0.3 is 5.32 Å². The summed E-state index contributed by atoms with van der Waals surface area (Å²) in [5.41, 5.74) is 2.30. The van der Waals surface area contributed by atoms with E-state index < -0.39 is 0 Å². The molecule has 142 valence electrons. The van der Waals surface area contributed by atoms with Crippen molar-refractivity contribution in [2.45, 2.75) is 47.0 Å². The van der Waals surface area contributed by atoms with Gasteiger partial charge in [-0.15, -0.1) is 0 Å². The molecule has 0 aromatic heterocycles. The average molecular weight is 354 g/mol. The number of allylic oxidation sites excluding steroid dienone is 12. The van der Waals surface area contributed by atoms with Crippen LogP contribution in [0.3, 0.4) is 0 Å². The van der Waals surface area contributed by atoms with Gasteiger partial charge in [0.1, 0.15) is 0 Å². The van der Waals surface area contributed by atoms with E-state index in [1.165, 1.54) is 5.57 Å². The largest absolute Gasteiger partial charge is 0.356 e. The standard InChI is InChI=1S/C24H35NO/c1-7-11-13-16-21(10-4)17-18-23(26)25-20-24(5,6)19-22(14-9-3)15-12-8-2/h7-16H,1,4,17-20H2,2-3,5-6H3,(H,25,26)/b12-8-,13-11-,14-9-,21-16+,22-15+. The summed E-state index contributed by atoms with van der Waals surface area (Å²) in [6.07, 6.45) is 21.7. The molecule has 0 heterocycles. The van der Waals surface area contributed by atoms with Gasteiger partial charge in [-0.1, -0.05) is 87.8 Å². The molecular weight excluding hydrogens is 318 g/mol. The Bertz CT molecular complexity index is 598. The minimum absolute atomic E-state index is 0.00755. The molecule has 0 atom stereocenters. The third kappa shape index (κ3) is 12.1. The molecule has 0 radical (unpaired) electrons. The van der Waals surface area contributed by atoms with E-state index >= 15 is 0 Å². The summed E-state index contributed by atoms with van der Waals surface area (Å²) in [6, 6.07) is 0. The molecule has 0 aliphatic heterocycles. The molecule has 2 nitrogen and oxygen atoms in total. The van der Waals surface area contributed by atoms with Gasteiger partial charge in [0.15, 0.2) is 0 Å². The first-order chi connectivity index (χ1) is 12.4. The van der Waals surface area contributed by atoms with Crippen LogP contribution in [-0.4, -0.2) is 12.5 Å². The smallest absolute Gasteiger partial charge is 0.220 e. The summed E-state index contributed by atoms with van der Waals surface area (Å²) in [6.45, 7) is 16.5. The van der Waals surface area contributed by atoms with E-state index in [1.807, 2.05) is 50.3 Å². The fourth-order valence-corrected chi connectivity index (χ4v) is 2.42. The van der Waals surface area contributed by atoms with Crippen molar-refractivity contribution in [3.8, 4) is 0 Å². The normalized spacial score (nSPS) is 13.7. The number of nitrogens with one attached hydrogen (secondary N) is 1. The van der Waals surface area contributed by atoms with Crippen molar-refractivity contribution >= 4 is 5.91 Å². The minimum Gasteiger partial charge on any atom is -0.356 e. The molecule has 0 aliphatic carbocycles. The van der Waals surface area contributed by atoms with E-state index in [9.17, 15) is 4.79 Å². The molecule has 0 spiro atoms. The van der Waals surface area contributed by atoms with Gasteiger partial charge in [0, 0.05) is 13.0 Å². The first-order valence-corrected chi connectivity index (χ1v) is 9.20. The predicted octanol–water partition coefficient (Wildman–Crippen LogP) is 6.23. The summed E-state index contributed by atoms with van der Waals surface area (Å²) < 4.78 is 0. The first kappa shape index (κ1) is 23.7. The van der Waals surface area contributed by atoms with E-state index in [-0.39, 0.29) is 11.3 Å². The van der Waals surface area contributed by atoms with Crippen LogP contribution in [-0.2, 0) is 4.79 Å². The lowest BCUT2D eigenvalue weighted by Crippen LogP contribution is -2.34. The molecule has 1 amide bonds. The van der Waals surface area contributed by atoms with Gasteiger partial charge in [-0.25, -0.2) is 0 Å². The molecule has 0 saturated carbocycles. The second-order valence-corrected chi connectivity index (χ2v) is 6.95. The fourth-order valence-electron chi connectivity index (χ4n) is 2.42. The minimum atomic E-state index is -0.00755. The van der Waals surface area contributed by atoms with E-state index in [2.05, 4.69) is 44.5 Å². The van der Waals surface area contributed by atoms with Gasteiger partial charge in [-0.3, -0.25) is 4.79 Å². The fraction of sp³-hybridized carbons (Fsp3) is 0.375. The Morgan fingerprint density at radius 3 is 2.23 bits per heavy atom. The summed E-state index contributed by atoms with van der Waals surface area (Å²) in [5.74, 6) is 0.0727. The zero-order chi connectivity index (χ0) is 19.8. The Morgan fingerprint density at radius 2 is 1.65 bits per heavy atom. The van der Waals surface area contributed by atoms with Crippen LogP contribution in [0.25, 0.3) is 0 Å². The van der Waals surface area contributed by atoms with Crippen molar-refractivity contribution in [1.82, 2.24) is 5.32 Å². The molecule has 0 aliphatic rings.